The summed E-state index contributed by atoms with van der Waals surface area (Å²) >= 11 is 0. The number of aryl methyl sites for hydroxylation is 1. The molecule has 3 rings (SSSR count). The van der Waals surface area contributed by atoms with E-state index in [-0.39, 0.29) is 10.7 Å². The number of hydrogen-bond donors (Lipinski definition) is 1. The number of esters is 1. The van der Waals surface area contributed by atoms with Crippen LogP contribution < -0.4 is 5.32 Å². The second kappa shape index (κ2) is 8.55. The number of furan rings is 1. The molecule has 28 heavy (non-hydrogen) atoms. The van der Waals surface area contributed by atoms with Gasteiger partial charge in [0.2, 0.25) is 15.8 Å². The fraction of sp³-hybridized carbons (Fsp3) is 0.333. The van der Waals surface area contributed by atoms with Crippen LogP contribution in [0.3, 0.4) is 0 Å². The zero-order chi connectivity index (χ0) is 20.1. The van der Waals surface area contributed by atoms with Crippen LogP contribution in [-0.2, 0) is 24.3 Å². The van der Waals surface area contributed by atoms with Crippen LogP contribution in [0.25, 0.3) is 0 Å². The Balaban J connectivity index is 1.55. The van der Waals surface area contributed by atoms with E-state index in [1.165, 1.54) is 34.8 Å². The number of nitrogens with one attached hydrogen (secondary N) is 1. The van der Waals surface area contributed by atoms with Gasteiger partial charge in [-0.15, -0.1) is 0 Å². The molecule has 0 radical (unpaired) electrons. The van der Waals surface area contributed by atoms with E-state index in [2.05, 4.69) is 5.32 Å². The summed E-state index contributed by atoms with van der Waals surface area (Å²) in [6, 6.07) is 7.40. The van der Waals surface area contributed by atoms with E-state index in [1.807, 2.05) is 0 Å². The molecule has 0 atom stereocenters. The van der Waals surface area contributed by atoms with E-state index in [1.54, 1.807) is 13.0 Å². The number of rotatable bonds is 6. The molecule has 0 aliphatic carbocycles. The van der Waals surface area contributed by atoms with Gasteiger partial charge in [-0.05, 0) is 37.3 Å². The van der Waals surface area contributed by atoms with Crippen molar-refractivity contribution in [2.24, 2.45) is 0 Å². The van der Waals surface area contributed by atoms with Crippen LogP contribution in [-0.4, -0.2) is 57.5 Å². The molecule has 1 aromatic heterocycles. The zero-order valence-electron chi connectivity index (χ0n) is 15.2. The van der Waals surface area contributed by atoms with Gasteiger partial charge in [0.25, 0.3) is 5.91 Å². The molecule has 0 unspecified atom stereocenters. The van der Waals surface area contributed by atoms with Crippen LogP contribution in [0.15, 0.2) is 45.9 Å². The molecular formula is C18H20N2O7S. The molecule has 1 aliphatic heterocycles. The highest BCUT2D eigenvalue weighted by molar-refractivity contribution is 7.89. The molecule has 1 saturated heterocycles. The maximum atomic E-state index is 12.6. The quantitative estimate of drug-likeness (QED) is 0.719. The highest BCUT2D eigenvalue weighted by Gasteiger charge is 2.26. The molecule has 1 amide bonds. The average Bonchev–Trinajstić information content (AvgIpc) is 3.13. The third kappa shape index (κ3) is 4.58. The minimum Gasteiger partial charge on any atom is -0.457 e. The number of carbonyl (C=O) groups is 2. The van der Waals surface area contributed by atoms with Crippen molar-refractivity contribution in [3.05, 3.63) is 47.9 Å². The van der Waals surface area contributed by atoms with Gasteiger partial charge in [-0.1, -0.05) is 0 Å². The van der Waals surface area contributed by atoms with Crippen molar-refractivity contribution in [1.82, 2.24) is 4.31 Å². The molecule has 10 heteroatoms. The summed E-state index contributed by atoms with van der Waals surface area (Å²) in [5, 5.41) is 2.54. The second-order valence-corrected chi connectivity index (χ2v) is 8.04. The number of morpholine rings is 1. The predicted octanol–water partition coefficient (Wildman–Crippen LogP) is 1.40. The Morgan fingerprint density at radius 2 is 1.82 bits per heavy atom. The smallest absolute Gasteiger partial charge is 0.375 e. The lowest BCUT2D eigenvalue weighted by atomic mass is 10.3. The standard InChI is InChI=1S/C18H20N2O7S/c1-13-6-9-26-17(13)18(22)27-12-16(21)19-14-2-4-15(5-3-14)28(23,24)20-7-10-25-11-8-20/h2-6,9H,7-8,10-12H2,1H3,(H,19,21). The molecule has 150 valence electrons. The fourth-order valence-corrected chi connectivity index (χ4v) is 4.03. The van der Waals surface area contributed by atoms with Crippen LogP contribution in [0.2, 0.25) is 0 Å². The first-order valence-electron chi connectivity index (χ1n) is 8.57. The summed E-state index contributed by atoms with van der Waals surface area (Å²) < 4.78 is 41.5. The number of anilines is 1. The van der Waals surface area contributed by atoms with Gasteiger partial charge in [-0.25, -0.2) is 13.2 Å². The third-order valence-corrected chi connectivity index (χ3v) is 6.04. The monoisotopic (exact) mass is 408 g/mol. The number of amides is 1. The molecule has 2 heterocycles. The number of sulfonamides is 1. The Morgan fingerprint density at radius 3 is 2.43 bits per heavy atom. The molecule has 9 nitrogen and oxygen atoms in total. The number of carbonyl (C=O) groups excluding carboxylic acids is 2. The molecule has 0 spiro atoms. The van der Waals surface area contributed by atoms with Crippen LogP contribution in [0, 0.1) is 6.92 Å². The Kier molecular flexibility index (Phi) is 6.12. The normalized spacial score (nSPS) is 15.2. The first-order chi connectivity index (χ1) is 13.4. The Hall–Kier alpha value is -2.69. The Bertz CT molecular complexity index is 945. The largest absolute Gasteiger partial charge is 0.457 e. The van der Waals surface area contributed by atoms with E-state index >= 15 is 0 Å². The summed E-state index contributed by atoms with van der Waals surface area (Å²) in [5.74, 6) is -1.24. The second-order valence-electron chi connectivity index (χ2n) is 6.10. The van der Waals surface area contributed by atoms with Gasteiger partial charge in [-0.2, -0.15) is 4.31 Å². The van der Waals surface area contributed by atoms with Gasteiger partial charge in [-0.3, -0.25) is 4.79 Å². The SMILES string of the molecule is Cc1ccoc1C(=O)OCC(=O)Nc1ccc(S(=O)(=O)N2CCOCC2)cc1. The molecule has 1 aliphatic rings. The topological polar surface area (TPSA) is 115 Å². The Labute approximate surface area is 162 Å². The van der Waals surface area contributed by atoms with Gasteiger partial charge in [0, 0.05) is 24.3 Å². The minimum atomic E-state index is -3.60. The van der Waals surface area contributed by atoms with Crippen molar-refractivity contribution in [2.45, 2.75) is 11.8 Å². The van der Waals surface area contributed by atoms with Gasteiger partial charge in [0.1, 0.15) is 0 Å². The molecule has 1 fully saturated rings. The Morgan fingerprint density at radius 1 is 1.14 bits per heavy atom. The lowest BCUT2D eigenvalue weighted by Crippen LogP contribution is -2.40. The van der Waals surface area contributed by atoms with Crippen LogP contribution in [0.1, 0.15) is 16.1 Å². The summed E-state index contributed by atoms with van der Waals surface area (Å²) in [6.45, 7) is 2.54. The van der Waals surface area contributed by atoms with E-state index in [0.29, 0.717) is 37.6 Å². The maximum Gasteiger partial charge on any atom is 0.375 e. The van der Waals surface area contributed by atoms with Crippen molar-refractivity contribution < 1.29 is 31.9 Å². The van der Waals surface area contributed by atoms with Crippen LogP contribution >= 0.6 is 0 Å². The molecule has 1 aromatic carbocycles. The lowest BCUT2D eigenvalue weighted by molar-refractivity contribution is -0.119. The summed E-state index contributed by atoms with van der Waals surface area (Å²) in [6.07, 6.45) is 1.36. The van der Waals surface area contributed by atoms with Gasteiger partial charge in [0.15, 0.2) is 6.61 Å². The fourth-order valence-electron chi connectivity index (χ4n) is 2.62. The van der Waals surface area contributed by atoms with E-state index in [9.17, 15) is 18.0 Å². The highest BCUT2D eigenvalue weighted by Crippen LogP contribution is 2.19. The van der Waals surface area contributed by atoms with Crippen molar-refractivity contribution >= 4 is 27.6 Å². The number of nitrogens with zero attached hydrogens (tertiary/aromatic N) is 1. The number of hydrogen-bond acceptors (Lipinski definition) is 7. The number of benzene rings is 1. The van der Waals surface area contributed by atoms with E-state index < -0.39 is 28.5 Å². The molecule has 0 saturated carbocycles. The lowest BCUT2D eigenvalue weighted by Gasteiger charge is -2.26. The van der Waals surface area contributed by atoms with Crippen molar-refractivity contribution in [2.75, 3.05) is 38.2 Å². The van der Waals surface area contributed by atoms with Gasteiger partial charge in [0.05, 0.1) is 24.4 Å². The van der Waals surface area contributed by atoms with E-state index in [4.69, 9.17) is 13.9 Å². The van der Waals surface area contributed by atoms with Crippen LogP contribution in [0.5, 0.6) is 0 Å². The molecule has 2 aromatic rings. The maximum absolute atomic E-state index is 12.6. The first-order valence-corrected chi connectivity index (χ1v) is 10.0. The third-order valence-electron chi connectivity index (χ3n) is 4.13. The summed E-state index contributed by atoms with van der Waals surface area (Å²) in [7, 11) is -3.60. The summed E-state index contributed by atoms with van der Waals surface area (Å²) in [4.78, 5) is 23.9. The van der Waals surface area contributed by atoms with Crippen molar-refractivity contribution in [1.29, 1.82) is 0 Å². The summed E-state index contributed by atoms with van der Waals surface area (Å²) in [5.41, 5.74) is 0.999. The van der Waals surface area contributed by atoms with E-state index in [0.717, 1.165) is 0 Å². The zero-order valence-corrected chi connectivity index (χ0v) is 16.0. The number of ether oxygens (including phenoxy) is 2. The van der Waals surface area contributed by atoms with Gasteiger partial charge >= 0.3 is 5.97 Å². The van der Waals surface area contributed by atoms with Crippen molar-refractivity contribution in [3.63, 3.8) is 0 Å². The molecule has 0 bridgehead atoms. The average molecular weight is 408 g/mol. The predicted molar refractivity (Wildman–Crippen MR) is 98.4 cm³/mol. The van der Waals surface area contributed by atoms with Crippen molar-refractivity contribution in [3.8, 4) is 0 Å². The molecule has 1 N–H and O–H groups in total. The highest BCUT2D eigenvalue weighted by atomic mass is 32.2. The minimum absolute atomic E-state index is 0.0467. The van der Waals surface area contributed by atoms with Crippen LogP contribution in [0.4, 0.5) is 5.69 Å². The first kappa shape index (κ1) is 20.1. The molecular weight excluding hydrogens is 388 g/mol. The van der Waals surface area contributed by atoms with Gasteiger partial charge < -0.3 is 19.2 Å².